The molecule has 0 aliphatic rings. The molecule has 0 radical (unpaired) electrons. The molecule has 21 heavy (non-hydrogen) atoms. The first-order valence-corrected chi connectivity index (χ1v) is 7.38. The average Bonchev–Trinajstić information content (AvgIpc) is 2.43. The summed E-state index contributed by atoms with van der Waals surface area (Å²) in [6.45, 7) is 2.40. The third-order valence-corrected chi connectivity index (χ3v) is 3.24. The second-order valence-electron chi connectivity index (χ2n) is 4.79. The predicted octanol–water partition coefficient (Wildman–Crippen LogP) is 1.84. The summed E-state index contributed by atoms with van der Waals surface area (Å²) >= 11 is 5.88. The van der Waals surface area contributed by atoms with Gasteiger partial charge < -0.3 is 10.4 Å². The first-order chi connectivity index (χ1) is 10.0. The number of aliphatic carboxylic acids is 1. The van der Waals surface area contributed by atoms with E-state index in [1.807, 2.05) is 25.1 Å². The molecular weight excluding hydrogens is 292 g/mol. The standard InChI is InChI=1S/C15H21ClN2O3/c1-2-4-13(15(20)21)18-10-14(19)17-8-7-11-5-3-6-12(16)9-11/h3,5-6,9,13,18H,2,4,7-8,10H2,1H3,(H,17,19)(H,20,21). The van der Waals surface area contributed by atoms with Crippen molar-refractivity contribution in [2.75, 3.05) is 13.1 Å². The van der Waals surface area contributed by atoms with Crippen LogP contribution in [0, 0.1) is 0 Å². The molecule has 0 fully saturated rings. The number of benzene rings is 1. The molecule has 0 aliphatic carbocycles. The van der Waals surface area contributed by atoms with E-state index in [1.165, 1.54) is 0 Å². The Morgan fingerprint density at radius 2 is 2.14 bits per heavy atom. The van der Waals surface area contributed by atoms with Gasteiger partial charge in [-0.3, -0.25) is 14.9 Å². The fraction of sp³-hybridized carbons (Fsp3) is 0.467. The van der Waals surface area contributed by atoms with Crippen LogP contribution in [0.25, 0.3) is 0 Å². The predicted molar refractivity (Wildman–Crippen MR) is 82.5 cm³/mol. The zero-order chi connectivity index (χ0) is 15.7. The van der Waals surface area contributed by atoms with Gasteiger partial charge in [0.25, 0.3) is 0 Å². The minimum Gasteiger partial charge on any atom is -0.480 e. The van der Waals surface area contributed by atoms with Gasteiger partial charge in [0.1, 0.15) is 6.04 Å². The first kappa shape index (κ1) is 17.5. The molecule has 1 atom stereocenters. The third kappa shape index (κ3) is 7.11. The van der Waals surface area contributed by atoms with E-state index in [0.29, 0.717) is 24.4 Å². The van der Waals surface area contributed by atoms with Gasteiger partial charge in [0, 0.05) is 11.6 Å². The molecule has 1 amide bonds. The molecule has 6 heteroatoms. The highest BCUT2D eigenvalue weighted by Crippen LogP contribution is 2.10. The molecule has 0 aromatic heterocycles. The lowest BCUT2D eigenvalue weighted by molar-refractivity contribution is -0.139. The van der Waals surface area contributed by atoms with Crippen molar-refractivity contribution in [2.45, 2.75) is 32.2 Å². The molecule has 3 N–H and O–H groups in total. The summed E-state index contributed by atoms with van der Waals surface area (Å²) in [5.74, 6) is -1.14. The number of hydrogen-bond donors (Lipinski definition) is 3. The van der Waals surface area contributed by atoms with Gasteiger partial charge in [0.15, 0.2) is 0 Å². The molecule has 0 heterocycles. The summed E-state index contributed by atoms with van der Waals surface area (Å²) in [7, 11) is 0. The van der Waals surface area contributed by atoms with Crippen LogP contribution in [0.1, 0.15) is 25.3 Å². The van der Waals surface area contributed by atoms with E-state index in [1.54, 1.807) is 6.07 Å². The van der Waals surface area contributed by atoms with E-state index in [2.05, 4.69) is 10.6 Å². The van der Waals surface area contributed by atoms with Crippen LogP contribution in [-0.4, -0.2) is 36.1 Å². The van der Waals surface area contributed by atoms with Crippen molar-refractivity contribution < 1.29 is 14.7 Å². The average molecular weight is 313 g/mol. The van der Waals surface area contributed by atoms with Gasteiger partial charge in [-0.2, -0.15) is 0 Å². The number of carboxylic acid groups (broad SMARTS) is 1. The van der Waals surface area contributed by atoms with Crippen molar-refractivity contribution >= 4 is 23.5 Å². The Morgan fingerprint density at radius 1 is 1.38 bits per heavy atom. The lowest BCUT2D eigenvalue weighted by Crippen LogP contribution is -2.43. The largest absolute Gasteiger partial charge is 0.480 e. The minimum absolute atomic E-state index is 0.00646. The monoisotopic (exact) mass is 312 g/mol. The van der Waals surface area contributed by atoms with Crippen molar-refractivity contribution in [3.8, 4) is 0 Å². The van der Waals surface area contributed by atoms with Crippen molar-refractivity contribution in [1.29, 1.82) is 0 Å². The van der Waals surface area contributed by atoms with Crippen LogP contribution in [0.3, 0.4) is 0 Å². The van der Waals surface area contributed by atoms with Gasteiger partial charge in [-0.1, -0.05) is 37.1 Å². The van der Waals surface area contributed by atoms with Crippen molar-refractivity contribution in [2.24, 2.45) is 0 Å². The van der Waals surface area contributed by atoms with E-state index in [9.17, 15) is 9.59 Å². The summed E-state index contributed by atoms with van der Waals surface area (Å²) in [5, 5.41) is 15.1. The molecule has 1 aromatic rings. The molecule has 5 nitrogen and oxygen atoms in total. The molecule has 0 spiro atoms. The fourth-order valence-corrected chi connectivity index (χ4v) is 2.13. The maximum Gasteiger partial charge on any atom is 0.320 e. The highest BCUT2D eigenvalue weighted by Gasteiger charge is 2.16. The lowest BCUT2D eigenvalue weighted by atomic mass is 10.1. The topological polar surface area (TPSA) is 78.4 Å². The van der Waals surface area contributed by atoms with Gasteiger partial charge in [0.2, 0.25) is 5.91 Å². The number of hydrogen-bond acceptors (Lipinski definition) is 3. The number of carboxylic acids is 1. The van der Waals surface area contributed by atoms with E-state index in [-0.39, 0.29) is 12.5 Å². The Labute approximate surface area is 129 Å². The van der Waals surface area contributed by atoms with E-state index >= 15 is 0 Å². The summed E-state index contributed by atoms with van der Waals surface area (Å²) < 4.78 is 0. The Hall–Kier alpha value is -1.59. The number of halogens is 1. The van der Waals surface area contributed by atoms with E-state index in [0.717, 1.165) is 12.0 Å². The fourth-order valence-electron chi connectivity index (χ4n) is 1.92. The number of amides is 1. The summed E-state index contributed by atoms with van der Waals surface area (Å²) in [6.07, 6.45) is 1.94. The first-order valence-electron chi connectivity index (χ1n) is 7.00. The van der Waals surface area contributed by atoms with Crippen LogP contribution in [0.5, 0.6) is 0 Å². The van der Waals surface area contributed by atoms with Gasteiger partial charge in [0.05, 0.1) is 6.54 Å². The zero-order valence-corrected chi connectivity index (χ0v) is 12.8. The van der Waals surface area contributed by atoms with Crippen LogP contribution in [0.2, 0.25) is 5.02 Å². The number of nitrogens with one attached hydrogen (secondary N) is 2. The third-order valence-electron chi connectivity index (χ3n) is 3.01. The highest BCUT2D eigenvalue weighted by atomic mass is 35.5. The molecular formula is C15H21ClN2O3. The smallest absolute Gasteiger partial charge is 0.320 e. The minimum atomic E-state index is -0.927. The maximum atomic E-state index is 11.6. The van der Waals surface area contributed by atoms with E-state index < -0.39 is 12.0 Å². The Bertz CT molecular complexity index is 480. The lowest BCUT2D eigenvalue weighted by Gasteiger charge is -2.13. The summed E-state index contributed by atoms with van der Waals surface area (Å²) in [5.41, 5.74) is 1.05. The number of carbonyl (C=O) groups is 2. The molecule has 0 saturated carbocycles. The van der Waals surface area contributed by atoms with Gasteiger partial charge in [-0.25, -0.2) is 0 Å². The highest BCUT2D eigenvalue weighted by molar-refractivity contribution is 6.30. The second-order valence-corrected chi connectivity index (χ2v) is 5.23. The van der Waals surface area contributed by atoms with Gasteiger partial charge >= 0.3 is 5.97 Å². The maximum absolute atomic E-state index is 11.6. The number of rotatable bonds is 9. The molecule has 116 valence electrons. The zero-order valence-electron chi connectivity index (χ0n) is 12.1. The SMILES string of the molecule is CCCC(NCC(=O)NCCc1cccc(Cl)c1)C(=O)O. The second kappa shape index (κ2) is 9.37. The van der Waals surface area contributed by atoms with Crippen LogP contribution in [0.4, 0.5) is 0 Å². The van der Waals surface area contributed by atoms with Crippen LogP contribution in [0.15, 0.2) is 24.3 Å². The van der Waals surface area contributed by atoms with Crippen LogP contribution >= 0.6 is 11.6 Å². The molecule has 1 rings (SSSR count). The van der Waals surface area contributed by atoms with Crippen molar-refractivity contribution in [3.05, 3.63) is 34.9 Å². The summed E-state index contributed by atoms with van der Waals surface area (Å²) in [4.78, 5) is 22.6. The molecule has 1 aromatic carbocycles. The van der Waals surface area contributed by atoms with Crippen molar-refractivity contribution in [1.82, 2.24) is 10.6 Å². The van der Waals surface area contributed by atoms with Gasteiger partial charge in [-0.05, 0) is 30.5 Å². The molecule has 1 unspecified atom stereocenters. The Morgan fingerprint density at radius 3 is 2.76 bits per heavy atom. The van der Waals surface area contributed by atoms with Gasteiger partial charge in [-0.15, -0.1) is 0 Å². The van der Waals surface area contributed by atoms with Crippen molar-refractivity contribution in [3.63, 3.8) is 0 Å². The summed E-state index contributed by atoms with van der Waals surface area (Å²) in [6, 6.07) is 6.79. The van der Waals surface area contributed by atoms with E-state index in [4.69, 9.17) is 16.7 Å². The Balaban J connectivity index is 2.26. The molecule has 0 bridgehead atoms. The Kier molecular flexibility index (Phi) is 7.79. The van der Waals surface area contributed by atoms with Crippen LogP contribution in [-0.2, 0) is 16.0 Å². The molecule has 0 saturated heterocycles. The quantitative estimate of drug-likeness (QED) is 0.650. The molecule has 0 aliphatic heterocycles. The number of carbonyl (C=O) groups excluding carboxylic acids is 1. The normalized spacial score (nSPS) is 11.9. The van der Waals surface area contributed by atoms with Crippen LogP contribution < -0.4 is 10.6 Å².